The highest BCUT2D eigenvalue weighted by atomic mass is 16.4. The number of hydrogen-bond donors (Lipinski definition) is 1. The number of hydrogen-bond acceptors (Lipinski definition) is 3. The Kier molecular flexibility index (Phi) is 3.69. The lowest BCUT2D eigenvalue weighted by atomic mass is 10.1. The topological polar surface area (TPSA) is 53.4 Å². The summed E-state index contributed by atoms with van der Waals surface area (Å²) in [6.07, 6.45) is 2.39. The number of nitrogens with zero attached hydrogens (tertiary/aromatic N) is 2. The van der Waals surface area contributed by atoms with Gasteiger partial charge in [0.25, 0.3) is 0 Å². The van der Waals surface area contributed by atoms with Crippen LogP contribution in [0.5, 0.6) is 0 Å². The average molecular weight is 258 g/mol. The van der Waals surface area contributed by atoms with E-state index in [0.29, 0.717) is 0 Å². The number of aromatic carboxylic acids is 1. The Morgan fingerprint density at radius 2 is 2.11 bits per heavy atom. The van der Waals surface area contributed by atoms with E-state index in [1.165, 1.54) is 6.20 Å². The fourth-order valence-electron chi connectivity index (χ4n) is 2.16. The van der Waals surface area contributed by atoms with Gasteiger partial charge in [-0.1, -0.05) is 25.1 Å². The molecule has 1 N–H and O–H groups in total. The molecule has 0 aliphatic heterocycles. The first-order chi connectivity index (χ1) is 9.06. The molecule has 0 fully saturated rings. The second-order valence-corrected chi connectivity index (χ2v) is 4.71. The van der Waals surface area contributed by atoms with Gasteiger partial charge >= 0.3 is 5.97 Å². The van der Waals surface area contributed by atoms with Gasteiger partial charge in [-0.15, -0.1) is 0 Å². The van der Waals surface area contributed by atoms with Gasteiger partial charge in [-0.2, -0.15) is 0 Å². The molecule has 2 rings (SSSR count). The lowest BCUT2D eigenvalue weighted by Crippen LogP contribution is -2.29. The quantitative estimate of drug-likeness (QED) is 0.915. The third-order valence-electron chi connectivity index (χ3n) is 3.58. The molecule has 19 heavy (non-hydrogen) atoms. The molecule has 1 heterocycles. The number of carboxylic acid groups (broad SMARTS) is 1. The second kappa shape index (κ2) is 5.26. The lowest BCUT2D eigenvalue weighted by molar-refractivity contribution is 0.0697. The van der Waals surface area contributed by atoms with Gasteiger partial charge < -0.3 is 10.0 Å². The van der Waals surface area contributed by atoms with Gasteiger partial charge in [-0.3, -0.25) is 4.98 Å². The maximum Gasteiger partial charge on any atom is 0.339 e. The first kappa shape index (κ1) is 13.3. The molecule has 0 saturated heterocycles. The molecule has 0 radical (unpaired) electrons. The van der Waals surface area contributed by atoms with Crippen LogP contribution in [0.1, 0.15) is 30.6 Å². The molecular formula is C15H18N2O2. The smallest absolute Gasteiger partial charge is 0.339 e. The Hall–Kier alpha value is -2.10. The summed E-state index contributed by atoms with van der Waals surface area (Å²) in [6, 6.07) is 7.90. The van der Waals surface area contributed by atoms with Gasteiger partial charge in [0.2, 0.25) is 0 Å². The van der Waals surface area contributed by atoms with Crippen molar-refractivity contribution in [3.05, 3.63) is 36.0 Å². The molecule has 1 aromatic carbocycles. The van der Waals surface area contributed by atoms with Crippen molar-refractivity contribution < 1.29 is 9.90 Å². The van der Waals surface area contributed by atoms with E-state index in [0.717, 1.165) is 23.0 Å². The molecule has 0 aliphatic rings. The number of para-hydroxylation sites is 1. The Bertz CT molecular complexity index is 610. The summed E-state index contributed by atoms with van der Waals surface area (Å²) in [5.74, 6) is -0.941. The zero-order valence-electron chi connectivity index (χ0n) is 11.4. The van der Waals surface area contributed by atoms with Crippen LogP contribution in [0.2, 0.25) is 0 Å². The van der Waals surface area contributed by atoms with Crippen molar-refractivity contribution in [2.75, 3.05) is 11.9 Å². The highest BCUT2D eigenvalue weighted by Gasteiger charge is 2.20. The summed E-state index contributed by atoms with van der Waals surface area (Å²) in [6.45, 7) is 4.17. The minimum Gasteiger partial charge on any atom is -0.478 e. The molecule has 1 atom stereocenters. The van der Waals surface area contributed by atoms with Crippen molar-refractivity contribution in [3.63, 3.8) is 0 Å². The minimum atomic E-state index is -0.941. The van der Waals surface area contributed by atoms with Crippen LogP contribution in [0.15, 0.2) is 30.5 Å². The van der Waals surface area contributed by atoms with Crippen molar-refractivity contribution in [2.45, 2.75) is 26.3 Å². The number of anilines is 1. The number of fused-ring (bicyclic) bond motifs is 1. The minimum absolute atomic E-state index is 0.251. The van der Waals surface area contributed by atoms with Gasteiger partial charge in [0, 0.05) is 24.7 Å². The molecule has 1 aromatic heterocycles. The number of rotatable bonds is 4. The number of aromatic nitrogens is 1. The Balaban J connectivity index is 2.72. The van der Waals surface area contributed by atoms with Gasteiger partial charge in [-0.25, -0.2) is 4.79 Å². The average Bonchev–Trinajstić information content (AvgIpc) is 2.44. The number of carbonyl (C=O) groups is 1. The molecular weight excluding hydrogens is 240 g/mol. The first-order valence-corrected chi connectivity index (χ1v) is 6.40. The Morgan fingerprint density at radius 1 is 1.42 bits per heavy atom. The lowest BCUT2D eigenvalue weighted by Gasteiger charge is -2.28. The summed E-state index contributed by atoms with van der Waals surface area (Å²) < 4.78 is 0. The van der Waals surface area contributed by atoms with Crippen LogP contribution in [0.25, 0.3) is 10.9 Å². The van der Waals surface area contributed by atoms with E-state index in [1.54, 1.807) is 0 Å². The van der Waals surface area contributed by atoms with Gasteiger partial charge in [0.05, 0.1) is 11.2 Å². The van der Waals surface area contributed by atoms with Gasteiger partial charge in [0.15, 0.2) is 0 Å². The van der Waals surface area contributed by atoms with Crippen LogP contribution in [0, 0.1) is 0 Å². The molecule has 0 amide bonds. The molecule has 0 bridgehead atoms. The van der Waals surface area contributed by atoms with E-state index >= 15 is 0 Å². The van der Waals surface area contributed by atoms with Crippen LogP contribution in [0.3, 0.4) is 0 Å². The van der Waals surface area contributed by atoms with E-state index < -0.39 is 5.97 Å². The maximum absolute atomic E-state index is 11.4. The Morgan fingerprint density at radius 3 is 2.74 bits per heavy atom. The largest absolute Gasteiger partial charge is 0.478 e. The molecule has 4 nitrogen and oxygen atoms in total. The third kappa shape index (κ3) is 2.38. The van der Waals surface area contributed by atoms with Crippen LogP contribution in [0.4, 0.5) is 5.69 Å². The SMILES string of the molecule is CCC(C)N(C)c1c(C(=O)O)cnc2ccccc12. The van der Waals surface area contributed by atoms with Crippen molar-refractivity contribution in [1.29, 1.82) is 0 Å². The fourth-order valence-corrected chi connectivity index (χ4v) is 2.16. The van der Waals surface area contributed by atoms with E-state index in [2.05, 4.69) is 18.8 Å². The highest BCUT2D eigenvalue weighted by molar-refractivity contribution is 6.04. The van der Waals surface area contributed by atoms with Crippen LogP contribution >= 0.6 is 0 Å². The maximum atomic E-state index is 11.4. The van der Waals surface area contributed by atoms with E-state index in [4.69, 9.17) is 0 Å². The zero-order chi connectivity index (χ0) is 14.0. The first-order valence-electron chi connectivity index (χ1n) is 6.40. The van der Waals surface area contributed by atoms with E-state index in [-0.39, 0.29) is 11.6 Å². The second-order valence-electron chi connectivity index (χ2n) is 4.71. The molecule has 0 saturated carbocycles. The van der Waals surface area contributed by atoms with Crippen molar-refractivity contribution in [2.24, 2.45) is 0 Å². The summed E-state index contributed by atoms with van der Waals surface area (Å²) in [5.41, 5.74) is 1.81. The summed E-state index contributed by atoms with van der Waals surface area (Å²) >= 11 is 0. The summed E-state index contributed by atoms with van der Waals surface area (Å²) in [5, 5.41) is 10.2. The van der Waals surface area contributed by atoms with E-state index in [1.807, 2.05) is 36.2 Å². The summed E-state index contributed by atoms with van der Waals surface area (Å²) in [7, 11) is 1.93. The zero-order valence-corrected chi connectivity index (χ0v) is 11.4. The molecule has 4 heteroatoms. The van der Waals surface area contributed by atoms with Crippen molar-refractivity contribution >= 4 is 22.6 Å². The predicted octanol–water partition coefficient (Wildman–Crippen LogP) is 3.17. The van der Waals surface area contributed by atoms with Crippen molar-refractivity contribution in [3.8, 4) is 0 Å². The molecule has 100 valence electrons. The normalized spacial score (nSPS) is 12.4. The Labute approximate surface area is 112 Å². The van der Waals surface area contributed by atoms with Gasteiger partial charge in [-0.05, 0) is 19.4 Å². The summed E-state index contributed by atoms with van der Waals surface area (Å²) in [4.78, 5) is 17.7. The molecule has 2 aromatic rings. The standard InChI is InChI=1S/C15H18N2O2/c1-4-10(2)17(3)14-11-7-5-6-8-13(11)16-9-12(14)15(18)19/h5-10H,4H2,1-3H3,(H,18,19). The predicted molar refractivity (Wildman–Crippen MR) is 76.9 cm³/mol. The monoisotopic (exact) mass is 258 g/mol. The van der Waals surface area contributed by atoms with E-state index in [9.17, 15) is 9.90 Å². The third-order valence-corrected chi connectivity index (χ3v) is 3.58. The molecule has 0 aliphatic carbocycles. The van der Waals surface area contributed by atoms with Crippen LogP contribution in [-0.4, -0.2) is 29.1 Å². The highest BCUT2D eigenvalue weighted by Crippen LogP contribution is 2.30. The number of carboxylic acids is 1. The van der Waals surface area contributed by atoms with Crippen LogP contribution in [-0.2, 0) is 0 Å². The molecule has 1 unspecified atom stereocenters. The van der Waals surface area contributed by atoms with Gasteiger partial charge in [0.1, 0.15) is 5.56 Å². The number of pyridine rings is 1. The van der Waals surface area contributed by atoms with Crippen LogP contribution < -0.4 is 4.90 Å². The molecule has 0 spiro atoms. The number of benzene rings is 1. The fraction of sp³-hybridized carbons (Fsp3) is 0.333. The van der Waals surface area contributed by atoms with Crippen molar-refractivity contribution in [1.82, 2.24) is 4.98 Å².